The normalized spacial score (nSPS) is 16.8. The van der Waals surface area contributed by atoms with Crippen LogP contribution in [0.1, 0.15) is 40.9 Å². The summed E-state index contributed by atoms with van der Waals surface area (Å²) in [6.07, 6.45) is 3.47. The number of anilines is 1. The van der Waals surface area contributed by atoms with Crippen LogP contribution >= 0.6 is 0 Å². The molecule has 3 aromatic rings. The fraction of sp³-hybridized carbons (Fsp3) is 0.333. The maximum Gasteiger partial charge on any atom is 0.264 e. The van der Waals surface area contributed by atoms with Gasteiger partial charge < -0.3 is 9.42 Å². The Labute approximate surface area is 187 Å². The number of sulfonamides is 1. The van der Waals surface area contributed by atoms with Crippen LogP contribution < -0.4 is 4.90 Å². The zero-order valence-electron chi connectivity index (χ0n) is 18.0. The predicted molar refractivity (Wildman–Crippen MR) is 121 cm³/mol. The van der Waals surface area contributed by atoms with Gasteiger partial charge in [0.1, 0.15) is 17.0 Å². The molecule has 0 radical (unpaired) electrons. The number of aryl methyl sites for hydroxylation is 1. The van der Waals surface area contributed by atoms with E-state index in [1.165, 1.54) is 0 Å². The Kier molecular flexibility index (Phi) is 5.35. The van der Waals surface area contributed by atoms with Crippen molar-refractivity contribution in [2.45, 2.75) is 37.5 Å². The first kappa shape index (κ1) is 20.9. The minimum atomic E-state index is -3.51. The first-order chi connectivity index (χ1) is 15.5. The molecule has 0 aliphatic carbocycles. The highest BCUT2D eigenvalue weighted by Gasteiger charge is 2.33. The molecule has 7 nitrogen and oxygen atoms in total. The van der Waals surface area contributed by atoms with E-state index in [2.05, 4.69) is 5.16 Å². The van der Waals surface area contributed by atoms with E-state index in [1.54, 1.807) is 34.3 Å². The van der Waals surface area contributed by atoms with Crippen molar-refractivity contribution in [2.24, 2.45) is 0 Å². The second-order valence-electron chi connectivity index (χ2n) is 8.29. The molecule has 2 aromatic carbocycles. The highest BCUT2D eigenvalue weighted by molar-refractivity contribution is 7.89. The third-order valence-corrected chi connectivity index (χ3v) is 8.16. The fourth-order valence-electron chi connectivity index (χ4n) is 4.56. The summed E-state index contributed by atoms with van der Waals surface area (Å²) in [7, 11) is -3.51. The molecule has 1 saturated heterocycles. The molecular formula is C24H25N3O4S. The minimum Gasteiger partial charge on any atom is -0.360 e. The largest absolute Gasteiger partial charge is 0.360 e. The molecule has 166 valence electrons. The van der Waals surface area contributed by atoms with Gasteiger partial charge in [0.15, 0.2) is 0 Å². The van der Waals surface area contributed by atoms with Crippen LogP contribution in [0.25, 0.3) is 11.3 Å². The van der Waals surface area contributed by atoms with Gasteiger partial charge in [0, 0.05) is 30.9 Å². The molecular weight excluding hydrogens is 426 g/mol. The zero-order chi connectivity index (χ0) is 22.3. The van der Waals surface area contributed by atoms with Gasteiger partial charge in [-0.15, -0.1) is 0 Å². The summed E-state index contributed by atoms with van der Waals surface area (Å²) >= 11 is 0. The van der Waals surface area contributed by atoms with Crippen LogP contribution in [0.2, 0.25) is 0 Å². The lowest BCUT2D eigenvalue weighted by molar-refractivity contribution is 0.0988. The number of fused-ring (bicyclic) bond motifs is 1. The zero-order valence-corrected chi connectivity index (χ0v) is 18.8. The van der Waals surface area contributed by atoms with Gasteiger partial charge in [-0.1, -0.05) is 41.9 Å². The van der Waals surface area contributed by atoms with E-state index in [-0.39, 0.29) is 5.91 Å². The predicted octanol–water partition coefficient (Wildman–Crippen LogP) is 4.03. The van der Waals surface area contributed by atoms with E-state index in [0.29, 0.717) is 48.0 Å². The molecule has 5 rings (SSSR count). The third kappa shape index (κ3) is 3.53. The topological polar surface area (TPSA) is 83.7 Å². The molecule has 0 atom stereocenters. The average molecular weight is 452 g/mol. The lowest BCUT2D eigenvalue weighted by Crippen LogP contribution is -2.35. The van der Waals surface area contributed by atoms with Crippen molar-refractivity contribution in [1.29, 1.82) is 0 Å². The van der Waals surface area contributed by atoms with E-state index in [4.69, 9.17) is 4.52 Å². The second-order valence-corrected chi connectivity index (χ2v) is 10.2. The van der Waals surface area contributed by atoms with Gasteiger partial charge in [0.25, 0.3) is 5.91 Å². The summed E-state index contributed by atoms with van der Waals surface area (Å²) in [4.78, 5) is 15.5. The lowest BCUT2D eigenvalue weighted by Gasteiger charge is -2.26. The van der Waals surface area contributed by atoms with E-state index in [9.17, 15) is 13.2 Å². The SMILES string of the molecule is Cc1onc(-c2ccccc2)c1C(=O)N1CCc2cc(S(=O)(=O)N3CCCCC3)ccc21. The molecule has 2 aliphatic heterocycles. The van der Waals surface area contributed by atoms with E-state index < -0.39 is 10.0 Å². The molecule has 0 bridgehead atoms. The van der Waals surface area contributed by atoms with Gasteiger partial charge in [-0.2, -0.15) is 4.31 Å². The summed E-state index contributed by atoms with van der Waals surface area (Å²) in [6.45, 7) is 3.36. The number of nitrogens with zero attached hydrogens (tertiary/aromatic N) is 3. The van der Waals surface area contributed by atoms with Crippen molar-refractivity contribution < 1.29 is 17.7 Å². The summed E-state index contributed by atoms with van der Waals surface area (Å²) in [6, 6.07) is 14.6. The summed E-state index contributed by atoms with van der Waals surface area (Å²) in [5.74, 6) is 0.277. The molecule has 0 unspecified atom stereocenters. The Morgan fingerprint density at radius 2 is 1.75 bits per heavy atom. The van der Waals surface area contributed by atoms with Gasteiger partial charge in [0.2, 0.25) is 10.0 Å². The van der Waals surface area contributed by atoms with E-state index in [1.807, 2.05) is 30.3 Å². The molecule has 0 saturated carbocycles. The monoisotopic (exact) mass is 451 g/mol. The number of piperidine rings is 1. The highest BCUT2D eigenvalue weighted by atomic mass is 32.2. The van der Waals surface area contributed by atoms with Gasteiger partial charge in [-0.05, 0) is 49.9 Å². The van der Waals surface area contributed by atoms with Crippen molar-refractivity contribution in [3.63, 3.8) is 0 Å². The summed E-state index contributed by atoms with van der Waals surface area (Å²) in [5.41, 5.74) is 3.38. The minimum absolute atomic E-state index is 0.187. The molecule has 0 N–H and O–H groups in total. The fourth-order valence-corrected chi connectivity index (χ4v) is 6.12. The number of hydrogen-bond donors (Lipinski definition) is 0. The van der Waals surface area contributed by atoms with Crippen molar-refractivity contribution in [3.05, 3.63) is 65.4 Å². The van der Waals surface area contributed by atoms with Crippen molar-refractivity contribution in [2.75, 3.05) is 24.5 Å². The number of amides is 1. The van der Waals surface area contributed by atoms with Crippen molar-refractivity contribution in [1.82, 2.24) is 9.46 Å². The Balaban J connectivity index is 1.46. The standard InChI is InChI=1S/C24H25N3O4S/c1-17-22(23(25-31-17)18-8-4-2-5-9-18)24(28)27-15-12-19-16-20(10-11-21(19)27)32(29,30)26-13-6-3-7-14-26/h2,4-5,8-11,16H,3,6-7,12-15H2,1H3. The Morgan fingerprint density at radius 3 is 2.50 bits per heavy atom. The molecule has 1 amide bonds. The molecule has 0 spiro atoms. The smallest absolute Gasteiger partial charge is 0.264 e. The van der Waals surface area contributed by atoms with Crippen LogP contribution in [0, 0.1) is 6.92 Å². The number of rotatable bonds is 4. The maximum absolute atomic E-state index is 13.5. The Morgan fingerprint density at radius 1 is 1.00 bits per heavy atom. The van der Waals surface area contributed by atoms with Crippen LogP contribution in [0.15, 0.2) is 57.9 Å². The number of aromatic nitrogens is 1. The van der Waals surface area contributed by atoms with Crippen LogP contribution in [0.3, 0.4) is 0 Å². The molecule has 1 fully saturated rings. The van der Waals surface area contributed by atoms with E-state index in [0.717, 1.165) is 36.1 Å². The van der Waals surface area contributed by atoms with Gasteiger partial charge in [-0.25, -0.2) is 8.42 Å². The number of carbonyl (C=O) groups is 1. The van der Waals surface area contributed by atoms with Crippen molar-refractivity contribution >= 4 is 21.6 Å². The van der Waals surface area contributed by atoms with Gasteiger partial charge in [-0.3, -0.25) is 4.79 Å². The second kappa shape index (κ2) is 8.18. The molecule has 8 heteroatoms. The average Bonchev–Trinajstić information content (AvgIpc) is 3.43. The maximum atomic E-state index is 13.5. The van der Waals surface area contributed by atoms with Crippen molar-refractivity contribution in [3.8, 4) is 11.3 Å². The number of benzene rings is 2. The van der Waals surface area contributed by atoms with Crippen LogP contribution in [-0.2, 0) is 16.4 Å². The quantitative estimate of drug-likeness (QED) is 0.598. The van der Waals surface area contributed by atoms with Crippen LogP contribution in [0.4, 0.5) is 5.69 Å². The third-order valence-electron chi connectivity index (χ3n) is 6.27. The molecule has 1 aromatic heterocycles. The van der Waals surface area contributed by atoms with E-state index >= 15 is 0 Å². The van der Waals surface area contributed by atoms with Gasteiger partial charge >= 0.3 is 0 Å². The summed E-state index contributed by atoms with van der Waals surface area (Å²) < 4.78 is 33.1. The molecule has 2 aliphatic rings. The summed E-state index contributed by atoms with van der Waals surface area (Å²) in [5, 5.41) is 4.13. The highest BCUT2D eigenvalue weighted by Crippen LogP contribution is 2.35. The lowest BCUT2D eigenvalue weighted by atomic mass is 10.1. The van der Waals surface area contributed by atoms with Crippen LogP contribution in [-0.4, -0.2) is 43.4 Å². The first-order valence-electron chi connectivity index (χ1n) is 10.9. The van der Waals surface area contributed by atoms with Gasteiger partial charge in [0.05, 0.1) is 4.90 Å². The Bertz CT molecular complexity index is 1260. The number of carbonyl (C=O) groups excluding carboxylic acids is 1. The van der Waals surface area contributed by atoms with Crippen LogP contribution in [0.5, 0.6) is 0 Å². The molecule has 32 heavy (non-hydrogen) atoms. The first-order valence-corrected chi connectivity index (χ1v) is 12.4. The Hall–Kier alpha value is -2.97. The number of hydrogen-bond acceptors (Lipinski definition) is 5. The molecule has 3 heterocycles.